The van der Waals surface area contributed by atoms with Crippen molar-refractivity contribution in [1.29, 1.82) is 0 Å². The summed E-state index contributed by atoms with van der Waals surface area (Å²) in [6, 6.07) is 9.99. The van der Waals surface area contributed by atoms with E-state index in [0.717, 1.165) is 32.0 Å². The van der Waals surface area contributed by atoms with Crippen molar-refractivity contribution in [3.05, 3.63) is 58.6 Å². The van der Waals surface area contributed by atoms with Crippen LogP contribution in [0.15, 0.2) is 47.3 Å². The molecule has 34 heavy (non-hydrogen) atoms. The summed E-state index contributed by atoms with van der Waals surface area (Å²) in [7, 11) is 2.00. The highest BCUT2D eigenvalue weighted by Gasteiger charge is 2.59. The smallest absolute Gasteiger partial charge is 0.164 e. The summed E-state index contributed by atoms with van der Waals surface area (Å²) < 4.78 is 9.05. The van der Waals surface area contributed by atoms with Crippen LogP contribution in [0, 0.1) is 6.92 Å². The van der Waals surface area contributed by atoms with Gasteiger partial charge in [-0.25, -0.2) is 15.0 Å². The highest BCUT2D eigenvalue weighted by atomic mass is 79.9. The Kier molecular flexibility index (Phi) is 4.95. The number of rotatable bonds is 2. The number of nitrogen functional groups attached to an aromatic ring is 1. The van der Waals surface area contributed by atoms with Gasteiger partial charge in [0, 0.05) is 36.0 Å². The van der Waals surface area contributed by atoms with E-state index in [1.54, 1.807) is 4.57 Å². The van der Waals surface area contributed by atoms with E-state index in [-0.39, 0.29) is 6.04 Å². The molecule has 176 valence electrons. The Labute approximate surface area is 204 Å². The van der Waals surface area contributed by atoms with E-state index >= 15 is 0 Å². The Morgan fingerprint density at radius 3 is 2.85 bits per heavy atom. The number of ether oxygens (including phenoxy) is 1. The lowest BCUT2D eigenvalue weighted by Crippen LogP contribution is -2.44. The van der Waals surface area contributed by atoms with Gasteiger partial charge in [0.05, 0.1) is 15.7 Å². The van der Waals surface area contributed by atoms with Crippen LogP contribution in [0.4, 0.5) is 5.82 Å². The van der Waals surface area contributed by atoms with Gasteiger partial charge < -0.3 is 25.3 Å². The van der Waals surface area contributed by atoms with Crippen LogP contribution in [0.1, 0.15) is 29.9 Å². The van der Waals surface area contributed by atoms with Crippen molar-refractivity contribution < 1.29 is 14.9 Å². The summed E-state index contributed by atoms with van der Waals surface area (Å²) in [6.07, 6.45) is 0.983. The average Bonchev–Trinajstić information content (AvgIpc) is 3.45. The Morgan fingerprint density at radius 1 is 1.21 bits per heavy atom. The van der Waals surface area contributed by atoms with Crippen molar-refractivity contribution in [2.45, 2.75) is 43.4 Å². The fraction of sp³-hybridized carbons (Fsp3) is 0.375. The maximum Gasteiger partial charge on any atom is 0.164 e. The van der Waals surface area contributed by atoms with Gasteiger partial charge in [-0.15, -0.1) is 0 Å². The minimum Gasteiger partial charge on any atom is -0.387 e. The molecule has 2 saturated heterocycles. The van der Waals surface area contributed by atoms with Gasteiger partial charge in [-0.1, -0.05) is 12.1 Å². The Morgan fingerprint density at radius 2 is 2.03 bits per heavy atom. The van der Waals surface area contributed by atoms with Crippen molar-refractivity contribution in [3.8, 4) is 0 Å². The molecule has 0 amide bonds. The molecular formula is C24H25BrN6O3. The zero-order chi connectivity index (χ0) is 23.8. The number of aryl methyl sites for hydroxylation is 1. The molecule has 2 aliphatic rings. The number of benzene rings is 1. The zero-order valence-corrected chi connectivity index (χ0v) is 20.3. The SMILES string of the molecule is Cc1ncnc2c1ccn2C1OC2(CC(c3ccc4cc(Br)c(N)nc4c3)N(C)C2)C(O)C1O. The summed E-state index contributed by atoms with van der Waals surface area (Å²) in [6.45, 7) is 2.39. The van der Waals surface area contributed by atoms with Crippen LogP contribution in [0.25, 0.3) is 21.9 Å². The molecule has 5 atom stereocenters. The predicted octanol–water partition coefficient (Wildman–Crippen LogP) is 2.70. The largest absolute Gasteiger partial charge is 0.387 e. The van der Waals surface area contributed by atoms with Crippen molar-refractivity contribution in [2.24, 2.45) is 0 Å². The number of aliphatic hydroxyl groups excluding tert-OH is 2. The molecule has 2 aliphatic heterocycles. The molecule has 3 aromatic heterocycles. The lowest BCUT2D eigenvalue weighted by atomic mass is 9.90. The molecule has 10 heteroatoms. The van der Waals surface area contributed by atoms with E-state index in [2.05, 4.69) is 41.8 Å². The third-order valence-corrected chi connectivity index (χ3v) is 7.92. The molecule has 0 radical (unpaired) electrons. The molecule has 1 aromatic carbocycles. The van der Waals surface area contributed by atoms with Gasteiger partial charge >= 0.3 is 0 Å². The number of fused-ring (bicyclic) bond motifs is 2. The summed E-state index contributed by atoms with van der Waals surface area (Å²) in [5.41, 5.74) is 8.48. The third kappa shape index (κ3) is 3.17. The lowest BCUT2D eigenvalue weighted by molar-refractivity contribution is -0.0945. The highest BCUT2D eigenvalue weighted by molar-refractivity contribution is 9.10. The molecular weight excluding hydrogens is 500 g/mol. The molecule has 0 saturated carbocycles. The number of aromatic nitrogens is 4. The minimum absolute atomic E-state index is 0.0114. The maximum absolute atomic E-state index is 11.2. The second-order valence-electron chi connectivity index (χ2n) is 9.37. The van der Waals surface area contributed by atoms with Crippen LogP contribution in [0.3, 0.4) is 0 Å². The second kappa shape index (κ2) is 7.69. The second-order valence-corrected chi connectivity index (χ2v) is 10.2. The number of pyridine rings is 1. The van der Waals surface area contributed by atoms with Gasteiger partial charge in [0.25, 0.3) is 0 Å². The predicted molar refractivity (Wildman–Crippen MR) is 131 cm³/mol. The van der Waals surface area contributed by atoms with Crippen molar-refractivity contribution in [3.63, 3.8) is 0 Å². The van der Waals surface area contributed by atoms with Crippen molar-refractivity contribution in [1.82, 2.24) is 24.4 Å². The van der Waals surface area contributed by atoms with Gasteiger partial charge in [-0.2, -0.15) is 0 Å². The number of hydrogen-bond acceptors (Lipinski definition) is 8. The Hall–Kier alpha value is -2.63. The molecule has 6 rings (SSSR count). The molecule has 5 unspecified atom stereocenters. The first kappa shape index (κ1) is 21.9. The van der Waals surface area contributed by atoms with Crippen LogP contribution >= 0.6 is 15.9 Å². The molecule has 4 aromatic rings. The molecule has 5 heterocycles. The van der Waals surface area contributed by atoms with E-state index < -0.39 is 24.0 Å². The van der Waals surface area contributed by atoms with Gasteiger partial charge in [-0.3, -0.25) is 4.90 Å². The molecule has 0 bridgehead atoms. The first-order valence-corrected chi connectivity index (χ1v) is 11.9. The van der Waals surface area contributed by atoms with Crippen LogP contribution < -0.4 is 5.73 Å². The van der Waals surface area contributed by atoms with Crippen molar-refractivity contribution in [2.75, 3.05) is 19.3 Å². The standard InChI is InChI=1S/C24H25BrN6O3/c1-12-15-5-6-31(22(15)28-11-27-12)23-19(32)20(33)24(34-23)9-18(30(2)10-24)14-4-3-13-7-16(25)21(26)29-17(13)8-14/h3-8,11,18-20,23,32-33H,9-10H2,1-2H3,(H2,26,29). The first-order chi connectivity index (χ1) is 16.3. The van der Waals surface area contributed by atoms with E-state index in [9.17, 15) is 10.2 Å². The molecule has 4 N–H and O–H groups in total. The topological polar surface area (TPSA) is 123 Å². The number of hydrogen-bond donors (Lipinski definition) is 3. The molecule has 9 nitrogen and oxygen atoms in total. The maximum atomic E-state index is 11.2. The van der Waals surface area contributed by atoms with Gasteiger partial charge in [0.2, 0.25) is 0 Å². The number of halogens is 1. The summed E-state index contributed by atoms with van der Waals surface area (Å²) in [5.74, 6) is 0.444. The van der Waals surface area contributed by atoms with Gasteiger partial charge in [0.1, 0.15) is 35.6 Å². The number of likely N-dealkylation sites (tertiary alicyclic amines) is 1. The third-order valence-electron chi connectivity index (χ3n) is 7.29. The average molecular weight is 525 g/mol. The minimum atomic E-state index is -1.09. The highest BCUT2D eigenvalue weighted by Crippen LogP contribution is 2.49. The van der Waals surface area contributed by atoms with Gasteiger partial charge in [0.15, 0.2) is 6.23 Å². The number of nitrogens with zero attached hydrogens (tertiary/aromatic N) is 5. The Bertz CT molecular complexity index is 1430. The van der Waals surface area contributed by atoms with Crippen LogP contribution in [0.5, 0.6) is 0 Å². The fourth-order valence-corrected chi connectivity index (χ4v) is 5.84. The molecule has 2 fully saturated rings. The Balaban J connectivity index is 1.33. The van der Waals surface area contributed by atoms with E-state index in [1.165, 1.54) is 6.33 Å². The van der Waals surface area contributed by atoms with Crippen LogP contribution in [0.2, 0.25) is 0 Å². The number of nitrogens with two attached hydrogens (primary N) is 1. The van der Waals surface area contributed by atoms with Gasteiger partial charge in [-0.05, 0) is 53.7 Å². The fourth-order valence-electron chi connectivity index (χ4n) is 5.50. The van der Waals surface area contributed by atoms with E-state index in [4.69, 9.17) is 10.5 Å². The van der Waals surface area contributed by atoms with E-state index in [0.29, 0.717) is 24.4 Å². The number of aliphatic hydroxyl groups is 2. The molecule has 1 spiro atoms. The summed E-state index contributed by atoms with van der Waals surface area (Å²) >= 11 is 3.43. The molecule has 0 aliphatic carbocycles. The van der Waals surface area contributed by atoms with E-state index in [1.807, 2.05) is 44.4 Å². The first-order valence-electron chi connectivity index (χ1n) is 11.2. The van der Waals surface area contributed by atoms with Crippen LogP contribution in [-0.2, 0) is 4.74 Å². The van der Waals surface area contributed by atoms with Crippen LogP contribution in [-0.4, -0.2) is 66.0 Å². The zero-order valence-electron chi connectivity index (χ0n) is 18.8. The normalized spacial score (nSPS) is 29.7. The summed E-state index contributed by atoms with van der Waals surface area (Å²) in [5, 5.41) is 24.1. The lowest BCUT2D eigenvalue weighted by Gasteiger charge is -2.26. The monoisotopic (exact) mass is 524 g/mol. The quantitative estimate of drug-likeness (QED) is 0.365. The number of anilines is 1. The summed E-state index contributed by atoms with van der Waals surface area (Å²) in [4.78, 5) is 15.3. The number of likely N-dealkylation sites (N-methyl/N-ethyl adjacent to an activating group) is 1. The van der Waals surface area contributed by atoms with Crippen molar-refractivity contribution >= 4 is 43.7 Å².